The molecule has 1 fully saturated rings. The molecule has 20 heavy (non-hydrogen) atoms. The summed E-state index contributed by atoms with van der Waals surface area (Å²) in [5.74, 6) is -3.70. The minimum Gasteiger partial charge on any atom is -0.385 e. The van der Waals surface area contributed by atoms with Crippen LogP contribution in [0, 0.1) is 24.5 Å². The lowest BCUT2D eigenvalue weighted by Crippen LogP contribution is -2.39. The summed E-state index contributed by atoms with van der Waals surface area (Å²) in [5, 5.41) is 10.4. The SMILES string of the molecule is Cc1ccc(F)c(C2(O)CCCC(C(F)(F)F)C2)c1F. The molecule has 0 spiro atoms. The number of aliphatic hydroxyl groups is 1. The van der Waals surface area contributed by atoms with Crippen LogP contribution in [-0.4, -0.2) is 11.3 Å². The minimum absolute atomic E-state index is 0.0725. The van der Waals surface area contributed by atoms with Crippen LogP contribution in [0.4, 0.5) is 22.0 Å². The minimum atomic E-state index is -4.47. The van der Waals surface area contributed by atoms with Crippen LogP contribution in [0.5, 0.6) is 0 Å². The van der Waals surface area contributed by atoms with Crippen molar-refractivity contribution in [1.82, 2.24) is 0 Å². The summed E-state index contributed by atoms with van der Waals surface area (Å²) >= 11 is 0. The fourth-order valence-corrected chi connectivity index (χ4v) is 2.84. The first-order valence-electron chi connectivity index (χ1n) is 6.39. The molecule has 0 radical (unpaired) electrons. The van der Waals surface area contributed by atoms with Crippen LogP contribution >= 0.6 is 0 Å². The quantitative estimate of drug-likeness (QED) is 0.769. The van der Waals surface area contributed by atoms with Gasteiger partial charge >= 0.3 is 6.18 Å². The maximum Gasteiger partial charge on any atom is 0.391 e. The van der Waals surface area contributed by atoms with Crippen LogP contribution in [-0.2, 0) is 5.60 Å². The van der Waals surface area contributed by atoms with Crippen LogP contribution in [0.1, 0.15) is 36.8 Å². The van der Waals surface area contributed by atoms with Crippen molar-refractivity contribution in [3.05, 3.63) is 34.9 Å². The molecule has 1 aromatic rings. The Morgan fingerprint density at radius 1 is 1.25 bits per heavy atom. The molecule has 0 heterocycles. The zero-order chi connectivity index (χ0) is 15.1. The molecule has 1 nitrogen and oxygen atoms in total. The van der Waals surface area contributed by atoms with Gasteiger partial charge in [0.05, 0.1) is 17.1 Å². The standard InChI is InChI=1S/C14H15F5O/c1-8-4-5-10(15)11(12(8)16)13(20)6-2-3-9(7-13)14(17,18)19/h4-5,9,20H,2-3,6-7H2,1H3. The number of alkyl halides is 3. The van der Waals surface area contributed by atoms with E-state index in [0.29, 0.717) is 0 Å². The normalized spacial score (nSPS) is 27.6. The highest BCUT2D eigenvalue weighted by Gasteiger charge is 2.49. The van der Waals surface area contributed by atoms with Crippen LogP contribution in [0.3, 0.4) is 0 Å². The van der Waals surface area contributed by atoms with Gasteiger partial charge in [0.15, 0.2) is 0 Å². The van der Waals surface area contributed by atoms with Crippen molar-refractivity contribution in [3.63, 3.8) is 0 Å². The first-order valence-corrected chi connectivity index (χ1v) is 6.39. The van der Waals surface area contributed by atoms with E-state index in [2.05, 4.69) is 0 Å². The van der Waals surface area contributed by atoms with Gasteiger partial charge in [0.1, 0.15) is 11.6 Å². The molecule has 0 bridgehead atoms. The molecule has 2 atom stereocenters. The number of rotatable bonds is 1. The van der Waals surface area contributed by atoms with Crippen molar-refractivity contribution in [1.29, 1.82) is 0 Å². The maximum atomic E-state index is 14.0. The smallest absolute Gasteiger partial charge is 0.385 e. The molecule has 2 unspecified atom stereocenters. The summed E-state index contributed by atoms with van der Waals surface area (Å²) in [5.41, 5.74) is -2.63. The van der Waals surface area contributed by atoms with E-state index in [1.165, 1.54) is 13.0 Å². The highest BCUT2D eigenvalue weighted by Crippen LogP contribution is 2.47. The zero-order valence-corrected chi connectivity index (χ0v) is 10.9. The van der Waals surface area contributed by atoms with Gasteiger partial charge in [0.25, 0.3) is 0 Å². The van der Waals surface area contributed by atoms with E-state index in [1.807, 2.05) is 0 Å². The third kappa shape index (κ3) is 2.66. The van der Waals surface area contributed by atoms with Crippen LogP contribution in [0.25, 0.3) is 0 Å². The molecule has 2 rings (SSSR count). The second-order valence-corrected chi connectivity index (χ2v) is 5.42. The largest absolute Gasteiger partial charge is 0.391 e. The number of halogens is 5. The highest BCUT2D eigenvalue weighted by atomic mass is 19.4. The second-order valence-electron chi connectivity index (χ2n) is 5.42. The van der Waals surface area contributed by atoms with Gasteiger partial charge in [-0.25, -0.2) is 8.78 Å². The lowest BCUT2D eigenvalue weighted by Gasteiger charge is -2.38. The average Bonchev–Trinajstić information content (AvgIpc) is 2.33. The van der Waals surface area contributed by atoms with Gasteiger partial charge < -0.3 is 5.11 Å². The van der Waals surface area contributed by atoms with Gasteiger partial charge in [-0.3, -0.25) is 0 Å². The van der Waals surface area contributed by atoms with E-state index in [1.54, 1.807) is 0 Å². The molecule has 0 aromatic heterocycles. The average molecular weight is 294 g/mol. The van der Waals surface area contributed by atoms with Gasteiger partial charge in [0, 0.05) is 0 Å². The number of aryl methyl sites for hydroxylation is 1. The monoisotopic (exact) mass is 294 g/mol. The predicted octanol–water partition coefficient (Wildman–Crippen LogP) is 4.21. The van der Waals surface area contributed by atoms with E-state index in [9.17, 15) is 27.1 Å². The Morgan fingerprint density at radius 3 is 2.50 bits per heavy atom. The number of benzene rings is 1. The van der Waals surface area contributed by atoms with E-state index >= 15 is 0 Å². The Labute approximate surface area is 113 Å². The summed E-state index contributed by atoms with van der Waals surface area (Å²) in [6, 6.07) is 2.17. The molecule has 0 aliphatic heterocycles. The van der Waals surface area contributed by atoms with E-state index in [-0.39, 0.29) is 24.8 Å². The Morgan fingerprint density at radius 2 is 1.90 bits per heavy atom. The van der Waals surface area contributed by atoms with Crippen LogP contribution < -0.4 is 0 Å². The summed E-state index contributed by atoms with van der Waals surface area (Å²) in [6.07, 6.45) is -5.29. The van der Waals surface area contributed by atoms with Crippen molar-refractivity contribution in [3.8, 4) is 0 Å². The lowest BCUT2D eigenvalue weighted by molar-refractivity contribution is -0.202. The topological polar surface area (TPSA) is 20.2 Å². The maximum absolute atomic E-state index is 14.0. The van der Waals surface area contributed by atoms with Crippen molar-refractivity contribution in [2.24, 2.45) is 5.92 Å². The first kappa shape index (κ1) is 15.2. The van der Waals surface area contributed by atoms with E-state index < -0.39 is 41.3 Å². The van der Waals surface area contributed by atoms with Crippen molar-refractivity contribution in [2.75, 3.05) is 0 Å². The number of hydrogen-bond acceptors (Lipinski definition) is 1. The number of hydrogen-bond donors (Lipinski definition) is 1. The molecule has 0 amide bonds. The first-order chi connectivity index (χ1) is 9.15. The summed E-state index contributed by atoms with van der Waals surface area (Å²) in [6.45, 7) is 1.38. The van der Waals surface area contributed by atoms with Gasteiger partial charge in [0.2, 0.25) is 0 Å². The summed E-state index contributed by atoms with van der Waals surface area (Å²) in [4.78, 5) is 0. The van der Waals surface area contributed by atoms with Crippen LogP contribution in [0.2, 0.25) is 0 Å². The second kappa shape index (κ2) is 4.98. The summed E-state index contributed by atoms with van der Waals surface area (Å²) in [7, 11) is 0. The molecule has 112 valence electrons. The van der Waals surface area contributed by atoms with Crippen molar-refractivity contribution >= 4 is 0 Å². The fourth-order valence-electron chi connectivity index (χ4n) is 2.84. The highest BCUT2D eigenvalue weighted by molar-refractivity contribution is 5.32. The van der Waals surface area contributed by atoms with Crippen LogP contribution in [0.15, 0.2) is 12.1 Å². The third-order valence-electron chi connectivity index (χ3n) is 3.94. The molecular formula is C14H15F5O. The van der Waals surface area contributed by atoms with Crippen molar-refractivity contribution < 1.29 is 27.1 Å². The van der Waals surface area contributed by atoms with Gasteiger partial charge in [-0.2, -0.15) is 13.2 Å². The molecule has 1 saturated carbocycles. The fraction of sp³-hybridized carbons (Fsp3) is 0.571. The van der Waals surface area contributed by atoms with Crippen molar-refractivity contribution in [2.45, 2.75) is 44.4 Å². The Balaban J connectivity index is 2.43. The molecule has 1 N–H and O–H groups in total. The summed E-state index contributed by atoms with van der Waals surface area (Å²) < 4.78 is 66.2. The Kier molecular flexibility index (Phi) is 3.79. The Bertz CT molecular complexity index is 511. The van der Waals surface area contributed by atoms with Gasteiger partial charge in [-0.1, -0.05) is 6.07 Å². The third-order valence-corrected chi connectivity index (χ3v) is 3.94. The lowest BCUT2D eigenvalue weighted by atomic mass is 9.73. The van der Waals surface area contributed by atoms with E-state index in [4.69, 9.17) is 0 Å². The van der Waals surface area contributed by atoms with E-state index in [0.717, 1.165) is 6.07 Å². The predicted molar refractivity (Wildman–Crippen MR) is 63.0 cm³/mol. The molecule has 1 aromatic carbocycles. The van der Waals surface area contributed by atoms with Gasteiger partial charge in [-0.15, -0.1) is 0 Å². The van der Waals surface area contributed by atoms with Gasteiger partial charge in [-0.05, 0) is 44.2 Å². The molecule has 6 heteroatoms. The molecule has 0 saturated heterocycles. The Hall–Kier alpha value is -1.17. The molecule has 1 aliphatic carbocycles. The molecule has 1 aliphatic rings. The molecular weight excluding hydrogens is 279 g/mol. The zero-order valence-electron chi connectivity index (χ0n) is 10.9.